The number of hydrogen-bond acceptors (Lipinski definition) is 3. The third kappa shape index (κ3) is 3.91. The van der Waals surface area contributed by atoms with E-state index in [0.717, 1.165) is 15.0 Å². The zero-order valence-corrected chi connectivity index (χ0v) is 10.7. The van der Waals surface area contributed by atoms with E-state index in [9.17, 15) is 4.79 Å². The maximum atomic E-state index is 11.5. The molecule has 3 nitrogen and oxygen atoms in total. The number of nitrogens with one attached hydrogen (secondary N) is 1. The Balaban J connectivity index is 1.71. The summed E-state index contributed by atoms with van der Waals surface area (Å²) in [5.41, 5.74) is 0. The number of amides is 1. The van der Waals surface area contributed by atoms with Crippen molar-refractivity contribution in [3.05, 3.63) is 45.5 Å². The number of furan rings is 1. The highest BCUT2D eigenvalue weighted by atomic mass is 35.5. The molecule has 0 radical (unpaired) electrons. The van der Waals surface area contributed by atoms with Crippen molar-refractivity contribution >= 4 is 28.8 Å². The Kier molecular flexibility index (Phi) is 4.23. The van der Waals surface area contributed by atoms with Crippen LogP contribution >= 0.6 is 22.9 Å². The topological polar surface area (TPSA) is 42.2 Å². The normalized spacial score (nSPS) is 10.4. The number of thiophene rings is 1. The fourth-order valence-corrected chi connectivity index (χ4v) is 2.44. The van der Waals surface area contributed by atoms with Crippen molar-refractivity contribution in [1.82, 2.24) is 5.32 Å². The van der Waals surface area contributed by atoms with Crippen molar-refractivity contribution in [2.45, 2.75) is 19.4 Å². The van der Waals surface area contributed by atoms with Gasteiger partial charge >= 0.3 is 0 Å². The van der Waals surface area contributed by atoms with Gasteiger partial charge in [0.05, 0.1) is 17.1 Å². The first kappa shape index (κ1) is 12.2. The van der Waals surface area contributed by atoms with Crippen LogP contribution in [0.3, 0.4) is 0 Å². The van der Waals surface area contributed by atoms with Crippen LogP contribution in [0.2, 0.25) is 4.34 Å². The van der Waals surface area contributed by atoms with Crippen molar-refractivity contribution < 1.29 is 9.21 Å². The summed E-state index contributed by atoms with van der Waals surface area (Å²) in [5.74, 6) is 0.852. The summed E-state index contributed by atoms with van der Waals surface area (Å²) < 4.78 is 5.90. The van der Waals surface area contributed by atoms with Crippen molar-refractivity contribution in [1.29, 1.82) is 0 Å². The molecule has 5 heteroatoms. The van der Waals surface area contributed by atoms with E-state index in [4.69, 9.17) is 16.0 Å². The van der Waals surface area contributed by atoms with Crippen LogP contribution in [0.5, 0.6) is 0 Å². The summed E-state index contributed by atoms with van der Waals surface area (Å²) in [4.78, 5) is 12.6. The monoisotopic (exact) mass is 269 g/mol. The molecule has 0 aliphatic rings. The molecule has 2 aromatic heterocycles. The van der Waals surface area contributed by atoms with Gasteiger partial charge in [-0.1, -0.05) is 11.6 Å². The predicted octanol–water partition coefficient (Wildman–Crippen LogP) is 3.24. The minimum atomic E-state index is 0.0194. The molecule has 1 amide bonds. The molecule has 90 valence electrons. The number of carbonyl (C=O) groups is 1. The molecule has 2 heterocycles. The summed E-state index contributed by atoms with van der Waals surface area (Å²) in [6.07, 6.45) is 2.68. The zero-order chi connectivity index (χ0) is 12.1. The highest BCUT2D eigenvalue weighted by Gasteiger charge is 2.04. The minimum absolute atomic E-state index is 0.0194. The van der Waals surface area contributed by atoms with Gasteiger partial charge in [0, 0.05) is 17.7 Å². The Morgan fingerprint density at radius 2 is 2.29 bits per heavy atom. The van der Waals surface area contributed by atoms with E-state index < -0.39 is 0 Å². The van der Waals surface area contributed by atoms with E-state index >= 15 is 0 Å². The molecule has 0 unspecified atom stereocenters. The van der Waals surface area contributed by atoms with Crippen LogP contribution in [0.1, 0.15) is 17.1 Å². The molecule has 0 spiro atoms. The summed E-state index contributed by atoms with van der Waals surface area (Å²) in [6, 6.07) is 7.43. The number of hydrogen-bond donors (Lipinski definition) is 1. The second-order valence-electron chi connectivity index (χ2n) is 3.56. The Morgan fingerprint density at radius 1 is 1.41 bits per heavy atom. The summed E-state index contributed by atoms with van der Waals surface area (Å²) in [5, 5.41) is 2.85. The molecule has 0 fully saturated rings. The van der Waals surface area contributed by atoms with Crippen LogP contribution in [0.25, 0.3) is 0 Å². The summed E-state index contributed by atoms with van der Waals surface area (Å²) in [6.45, 7) is 0.536. The first-order valence-electron chi connectivity index (χ1n) is 5.27. The molecule has 0 aromatic carbocycles. The number of halogens is 1. The average molecular weight is 270 g/mol. The molecular weight excluding hydrogens is 258 g/mol. The van der Waals surface area contributed by atoms with Gasteiger partial charge in [0.1, 0.15) is 5.76 Å². The maximum absolute atomic E-state index is 11.5. The quantitative estimate of drug-likeness (QED) is 0.905. The smallest absolute Gasteiger partial charge is 0.220 e. The van der Waals surface area contributed by atoms with Gasteiger partial charge < -0.3 is 9.73 Å². The van der Waals surface area contributed by atoms with Crippen LogP contribution in [0, 0.1) is 0 Å². The first-order chi connectivity index (χ1) is 8.24. The number of aryl methyl sites for hydroxylation is 1. The van der Waals surface area contributed by atoms with E-state index in [1.807, 2.05) is 24.3 Å². The molecular formula is C12H12ClNO2S. The predicted molar refractivity (Wildman–Crippen MR) is 68.2 cm³/mol. The minimum Gasteiger partial charge on any atom is -0.469 e. The van der Waals surface area contributed by atoms with Gasteiger partial charge in [0.25, 0.3) is 0 Å². The lowest BCUT2D eigenvalue weighted by Crippen LogP contribution is -2.22. The molecule has 17 heavy (non-hydrogen) atoms. The zero-order valence-electron chi connectivity index (χ0n) is 9.11. The van der Waals surface area contributed by atoms with Gasteiger partial charge in [-0.3, -0.25) is 4.79 Å². The SMILES string of the molecule is O=C(CCc1ccco1)NCc1ccc(Cl)s1. The van der Waals surface area contributed by atoms with Gasteiger partial charge in [-0.2, -0.15) is 0 Å². The highest BCUT2D eigenvalue weighted by molar-refractivity contribution is 7.16. The van der Waals surface area contributed by atoms with E-state index in [2.05, 4.69) is 5.32 Å². The van der Waals surface area contributed by atoms with E-state index in [-0.39, 0.29) is 5.91 Å². The van der Waals surface area contributed by atoms with Crippen LogP contribution in [0.15, 0.2) is 34.9 Å². The molecule has 2 aromatic rings. The standard InChI is InChI=1S/C12H12ClNO2S/c13-11-5-4-10(17-11)8-14-12(15)6-3-9-2-1-7-16-9/h1-2,4-5,7H,3,6,8H2,(H,14,15). The Labute approximate surface area is 108 Å². The summed E-state index contributed by atoms with van der Waals surface area (Å²) >= 11 is 7.28. The largest absolute Gasteiger partial charge is 0.469 e. The van der Waals surface area contributed by atoms with E-state index in [0.29, 0.717) is 19.4 Å². The Hall–Kier alpha value is -1.26. The third-order valence-corrected chi connectivity index (χ3v) is 3.50. The van der Waals surface area contributed by atoms with Crippen molar-refractivity contribution in [2.75, 3.05) is 0 Å². The van der Waals surface area contributed by atoms with E-state index in [1.165, 1.54) is 11.3 Å². The molecule has 0 saturated heterocycles. The fourth-order valence-electron chi connectivity index (χ4n) is 1.41. The van der Waals surface area contributed by atoms with Crippen LogP contribution < -0.4 is 5.32 Å². The lowest BCUT2D eigenvalue weighted by atomic mass is 10.2. The Bertz CT molecular complexity index is 478. The number of rotatable bonds is 5. The van der Waals surface area contributed by atoms with Crippen molar-refractivity contribution in [3.63, 3.8) is 0 Å². The number of carbonyl (C=O) groups excluding carboxylic acids is 1. The fraction of sp³-hybridized carbons (Fsp3) is 0.250. The molecule has 2 rings (SSSR count). The van der Waals surface area contributed by atoms with Crippen molar-refractivity contribution in [2.24, 2.45) is 0 Å². The molecule has 0 aliphatic heterocycles. The summed E-state index contributed by atoms with van der Waals surface area (Å²) in [7, 11) is 0. The second kappa shape index (κ2) is 5.89. The molecule has 1 N–H and O–H groups in total. The molecule has 0 aliphatic carbocycles. The van der Waals surface area contributed by atoms with Gasteiger partial charge in [-0.05, 0) is 24.3 Å². The van der Waals surface area contributed by atoms with Crippen LogP contribution in [-0.2, 0) is 17.8 Å². The van der Waals surface area contributed by atoms with E-state index in [1.54, 1.807) is 6.26 Å². The third-order valence-electron chi connectivity index (χ3n) is 2.27. The molecule has 0 atom stereocenters. The maximum Gasteiger partial charge on any atom is 0.220 e. The lowest BCUT2D eigenvalue weighted by molar-refractivity contribution is -0.121. The van der Waals surface area contributed by atoms with Crippen LogP contribution in [-0.4, -0.2) is 5.91 Å². The van der Waals surface area contributed by atoms with Gasteiger partial charge in [-0.15, -0.1) is 11.3 Å². The average Bonchev–Trinajstić information content (AvgIpc) is 2.95. The molecule has 0 bridgehead atoms. The van der Waals surface area contributed by atoms with Crippen molar-refractivity contribution in [3.8, 4) is 0 Å². The lowest BCUT2D eigenvalue weighted by Gasteiger charge is -2.02. The Morgan fingerprint density at radius 3 is 2.94 bits per heavy atom. The van der Waals surface area contributed by atoms with Crippen LogP contribution in [0.4, 0.5) is 0 Å². The van der Waals surface area contributed by atoms with Gasteiger partial charge in [0.15, 0.2) is 0 Å². The molecule has 0 saturated carbocycles. The highest BCUT2D eigenvalue weighted by Crippen LogP contribution is 2.20. The first-order valence-corrected chi connectivity index (χ1v) is 6.47. The van der Waals surface area contributed by atoms with Gasteiger partial charge in [-0.25, -0.2) is 0 Å². The second-order valence-corrected chi connectivity index (χ2v) is 5.36. The van der Waals surface area contributed by atoms with Gasteiger partial charge in [0.2, 0.25) is 5.91 Å².